The van der Waals surface area contributed by atoms with Crippen LogP contribution in [0.4, 0.5) is 0 Å². The minimum absolute atomic E-state index is 0.00642. The summed E-state index contributed by atoms with van der Waals surface area (Å²) in [5.74, 6) is -0.105. The van der Waals surface area contributed by atoms with Crippen molar-refractivity contribution in [3.05, 3.63) is 53.1 Å². The zero-order valence-corrected chi connectivity index (χ0v) is 16.0. The number of nitrogens with zero attached hydrogens (tertiary/aromatic N) is 3. The first-order valence-electron chi connectivity index (χ1n) is 8.37. The molecule has 0 saturated carbocycles. The quantitative estimate of drug-likeness (QED) is 0.797. The van der Waals surface area contributed by atoms with E-state index in [4.69, 9.17) is 11.6 Å². The molecular weight excluding hydrogens is 374 g/mol. The Kier molecular flexibility index (Phi) is 5.58. The van der Waals surface area contributed by atoms with Crippen molar-refractivity contribution in [3.8, 4) is 0 Å². The third-order valence-corrected chi connectivity index (χ3v) is 5.86. The number of carbonyl (C=O) groups excluding carboxylic acids is 1. The fourth-order valence-electron chi connectivity index (χ4n) is 3.28. The summed E-state index contributed by atoms with van der Waals surface area (Å²) in [7, 11) is -3.42. The van der Waals surface area contributed by atoms with Gasteiger partial charge in [-0.25, -0.2) is 18.4 Å². The molecule has 0 unspecified atom stereocenters. The molecule has 2 aromatic rings. The van der Waals surface area contributed by atoms with Crippen LogP contribution >= 0.6 is 11.6 Å². The summed E-state index contributed by atoms with van der Waals surface area (Å²) in [5.41, 5.74) is 1.37. The standard InChI is InChI=1S/C18H20ClN3O3S/c1-26(24,25)16-10-20-12-21-18(16)14-5-3-7-22(11-14)17(23)9-13-4-2-6-15(19)8-13/h2,4,6,8,10,12,14H,3,5,7,9,11H2,1H3/t14-/m1/s1. The zero-order valence-electron chi connectivity index (χ0n) is 14.4. The summed E-state index contributed by atoms with van der Waals surface area (Å²) < 4.78 is 24.0. The van der Waals surface area contributed by atoms with Crippen LogP contribution in [0.25, 0.3) is 0 Å². The highest BCUT2D eigenvalue weighted by Gasteiger charge is 2.29. The maximum Gasteiger partial charge on any atom is 0.227 e. The van der Waals surface area contributed by atoms with Crippen LogP contribution in [0.3, 0.4) is 0 Å². The van der Waals surface area contributed by atoms with Crippen molar-refractivity contribution < 1.29 is 13.2 Å². The van der Waals surface area contributed by atoms with Gasteiger partial charge in [0.15, 0.2) is 9.84 Å². The second-order valence-corrected chi connectivity index (χ2v) is 8.95. The van der Waals surface area contributed by atoms with Gasteiger partial charge >= 0.3 is 0 Å². The van der Waals surface area contributed by atoms with Crippen molar-refractivity contribution >= 4 is 27.3 Å². The number of likely N-dealkylation sites (tertiary alicyclic amines) is 1. The first-order chi connectivity index (χ1) is 12.3. The molecule has 0 aliphatic carbocycles. The highest BCUT2D eigenvalue weighted by atomic mass is 35.5. The van der Waals surface area contributed by atoms with Gasteiger partial charge in [-0.15, -0.1) is 0 Å². The van der Waals surface area contributed by atoms with Crippen LogP contribution in [0, 0.1) is 0 Å². The largest absolute Gasteiger partial charge is 0.342 e. The molecule has 1 aromatic heterocycles. The average molecular weight is 394 g/mol. The highest BCUT2D eigenvalue weighted by Crippen LogP contribution is 2.29. The average Bonchev–Trinajstić information content (AvgIpc) is 2.61. The predicted molar refractivity (Wildman–Crippen MR) is 98.9 cm³/mol. The molecule has 6 nitrogen and oxygen atoms in total. The van der Waals surface area contributed by atoms with Crippen LogP contribution < -0.4 is 0 Å². The lowest BCUT2D eigenvalue weighted by Gasteiger charge is -2.33. The smallest absolute Gasteiger partial charge is 0.227 e. The molecule has 0 N–H and O–H groups in total. The van der Waals surface area contributed by atoms with E-state index < -0.39 is 9.84 Å². The van der Waals surface area contributed by atoms with Gasteiger partial charge in [0.1, 0.15) is 11.2 Å². The van der Waals surface area contributed by atoms with Crippen molar-refractivity contribution in [2.24, 2.45) is 0 Å². The Labute approximate surface area is 158 Å². The molecule has 1 aromatic carbocycles. The first-order valence-corrected chi connectivity index (χ1v) is 10.6. The maximum absolute atomic E-state index is 12.7. The van der Waals surface area contributed by atoms with Gasteiger partial charge < -0.3 is 4.90 Å². The second kappa shape index (κ2) is 7.72. The molecule has 138 valence electrons. The molecule has 0 spiro atoms. The molecule has 1 atom stereocenters. The normalized spacial score (nSPS) is 17.9. The Morgan fingerprint density at radius 2 is 2.19 bits per heavy atom. The topological polar surface area (TPSA) is 80.2 Å². The van der Waals surface area contributed by atoms with Gasteiger partial charge in [-0.05, 0) is 30.5 Å². The fraction of sp³-hybridized carbons (Fsp3) is 0.389. The molecule has 1 aliphatic heterocycles. The number of sulfone groups is 1. The summed E-state index contributed by atoms with van der Waals surface area (Å²) >= 11 is 5.98. The van der Waals surface area contributed by atoms with E-state index in [0.29, 0.717) is 23.8 Å². The van der Waals surface area contributed by atoms with Gasteiger partial charge in [0.25, 0.3) is 0 Å². The Morgan fingerprint density at radius 1 is 1.38 bits per heavy atom. The maximum atomic E-state index is 12.7. The van der Waals surface area contributed by atoms with E-state index in [1.54, 1.807) is 17.0 Å². The number of amides is 1. The highest BCUT2D eigenvalue weighted by molar-refractivity contribution is 7.90. The number of rotatable bonds is 4. The van der Waals surface area contributed by atoms with Crippen LogP contribution in [0.15, 0.2) is 41.7 Å². The summed E-state index contributed by atoms with van der Waals surface area (Å²) in [6, 6.07) is 7.25. The SMILES string of the molecule is CS(=O)(=O)c1cncnc1[C@@H]1CCCN(C(=O)Cc2cccc(Cl)c2)C1. The molecule has 3 rings (SSSR count). The summed E-state index contributed by atoms with van der Waals surface area (Å²) in [6.45, 7) is 1.12. The number of halogens is 1. The monoisotopic (exact) mass is 393 g/mol. The van der Waals surface area contributed by atoms with E-state index in [0.717, 1.165) is 24.7 Å². The van der Waals surface area contributed by atoms with Gasteiger partial charge in [-0.1, -0.05) is 23.7 Å². The van der Waals surface area contributed by atoms with Crippen molar-refractivity contribution in [3.63, 3.8) is 0 Å². The van der Waals surface area contributed by atoms with Crippen LogP contribution in [0.5, 0.6) is 0 Å². The molecular formula is C18H20ClN3O3S. The summed E-state index contributed by atoms with van der Waals surface area (Å²) in [6.07, 6.45) is 5.72. The third kappa shape index (κ3) is 4.40. The molecule has 26 heavy (non-hydrogen) atoms. The molecule has 1 fully saturated rings. The van der Waals surface area contributed by atoms with Crippen molar-refractivity contribution in [2.75, 3.05) is 19.3 Å². The van der Waals surface area contributed by atoms with Crippen molar-refractivity contribution in [1.82, 2.24) is 14.9 Å². The fourth-order valence-corrected chi connectivity index (χ4v) is 4.34. The lowest BCUT2D eigenvalue weighted by molar-refractivity contribution is -0.131. The van der Waals surface area contributed by atoms with Gasteiger partial charge in [0.2, 0.25) is 5.91 Å². The first kappa shape index (κ1) is 18.8. The number of hydrogen-bond donors (Lipinski definition) is 0. The number of carbonyl (C=O) groups is 1. The summed E-state index contributed by atoms with van der Waals surface area (Å²) in [5, 5.41) is 0.602. The molecule has 0 bridgehead atoms. The van der Waals surface area contributed by atoms with E-state index in [1.165, 1.54) is 12.5 Å². The number of piperidine rings is 1. The molecule has 1 aliphatic rings. The lowest BCUT2D eigenvalue weighted by atomic mass is 9.94. The number of benzene rings is 1. The molecule has 1 amide bonds. The van der Waals surface area contributed by atoms with E-state index in [-0.39, 0.29) is 23.1 Å². The van der Waals surface area contributed by atoms with Crippen LogP contribution in [0.1, 0.15) is 30.0 Å². The van der Waals surface area contributed by atoms with Crippen LogP contribution in [0.2, 0.25) is 5.02 Å². The van der Waals surface area contributed by atoms with Gasteiger partial charge in [0.05, 0.1) is 12.1 Å². The summed E-state index contributed by atoms with van der Waals surface area (Å²) in [4.78, 5) is 22.7. The van der Waals surface area contributed by atoms with Crippen LogP contribution in [-0.4, -0.2) is 48.5 Å². The Balaban J connectivity index is 1.77. The molecule has 2 heterocycles. The van der Waals surface area contributed by atoms with E-state index in [9.17, 15) is 13.2 Å². The van der Waals surface area contributed by atoms with Gasteiger partial charge in [-0.3, -0.25) is 4.79 Å². The second-order valence-electron chi connectivity index (χ2n) is 6.53. The van der Waals surface area contributed by atoms with Crippen LogP contribution in [-0.2, 0) is 21.1 Å². The van der Waals surface area contributed by atoms with Crippen molar-refractivity contribution in [2.45, 2.75) is 30.1 Å². The zero-order chi connectivity index (χ0) is 18.7. The lowest BCUT2D eigenvalue weighted by Crippen LogP contribution is -2.40. The Morgan fingerprint density at radius 3 is 2.92 bits per heavy atom. The van der Waals surface area contributed by atoms with E-state index >= 15 is 0 Å². The Bertz CT molecular complexity index is 917. The third-order valence-electron chi connectivity index (χ3n) is 4.51. The van der Waals surface area contributed by atoms with Crippen molar-refractivity contribution in [1.29, 1.82) is 0 Å². The molecule has 1 saturated heterocycles. The Hall–Kier alpha value is -1.99. The van der Waals surface area contributed by atoms with E-state index in [1.807, 2.05) is 12.1 Å². The minimum atomic E-state index is -3.42. The van der Waals surface area contributed by atoms with Gasteiger partial charge in [0, 0.05) is 36.5 Å². The molecule has 0 radical (unpaired) electrons. The molecule has 8 heteroatoms. The number of hydrogen-bond acceptors (Lipinski definition) is 5. The predicted octanol–water partition coefficient (Wildman–Crippen LogP) is 2.48. The number of aromatic nitrogens is 2. The van der Waals surface area contributed by atoms with Gasteiger partial charge in [-0.2, -0.15) is 0 Å². The van der Waals surface area contributed by atoms with E-state index in [2.05, 4.69) is 9.97 Å². The minimum Gasteiger partial charge on any atom is -0.342 e.